The average molecular weight is 220 g/mol. The lowest BCUT2D eigenvalue weighted by Gasteiger charge is -2.31. The van der Waals surface area contributed by atoms with E-state index < -0.39 is 0 Å². The number of nitrogen functional groups attached to an aromatic ring is 1. The third-order valence-corrected chi connectivity index (χ3v) is 3.03. The Hall–Kier alpha value is -1.22. The van der Waals surface area contributed by atoms with Gasteiger partial charge in [0.05, 0.1) is 13.2 Å². The van der Waals surface area contributed by atoms with E-state index in [1.807, 2.05) is 6.07 Å². The molecule has 88 valence electrons. The zero-order valence-electron chi connectivity index (χ0n) is 10.1. The van der Waals surface area contributed by atoms with Gasteiger partial charge in [0.15, 0.2) is 0 Å². The van der Waals surface area contributed by atoms with Gasteiger partial charge < -0.3 is 15.4 Å². The van der Waals surface area contributed by atoms with Crippen LogP contribution in [0.5, 0.6) is 0 Å². The molecule has 1 heterocycles. The first-order valence-electron chi connectivity index (χ1n) is 5.90. The summed E-state index contributed by atoms with van der Waals surface area (Å²) in [7, 11) is 0. The molecule has 0 saturated carbocycles. The lowest BCUT2D eigenvalue weighted by atomic mass is 9.99. The van der Waals surface area contributed by atoms with E-state index in [1.165, 1.54) is 11.3 Å². The predicted molar refractivity (Wildman–Crippen MR) is 68.0 cm³/mol. The van der Waals surface area contributed by atoms with E-state index in [4.69, 9.17) is 10.5 Å². The number of benzene rings is 1. The monoisotopic (exact) mass is 220 g/mol. The highest BCUT2D eigenvalue weighted by Gasteiger charge is 2.16. The largest absolute Gasteiger partial charge is 0.399 e. The fourth-order valence-corrected chi connectivity index (χ4v) is 2.13. The number of nitrogens with zero attached hydrogens (tertiary/aromatic N) is 1. The summed E-state index contributed by atoms with van der Waals surface area (Å²) >= 11 is 0. The number of hydrogen-bond donors (Lipinski definition) is 1. The van der Waals surface area contributed by atoms with Crippen molar-refractivity contribution < 1.29 is 4.74 Å². The van der Waals surface area contributed by atoms with Gasteiger partial charge in [-0.1, -0.05) is 19.9 Å². The molecule has 1 aliphatic rings. The van der Waals surface area contributed by atoms with Gasteiger partial charge in [0.25, 0.3) is 0 Å². The second-order valence-corrected chi connectivity index (χ2v) is 4.57. The maximum absolute atomic E-state index is 5.88. The summed E-state index contributed by atoms with van der Waals surface area (Å²) in [5.41, 5.74) is 9.36. The summed E-state index contributed by atoms with van der Waals surface area (Å²) in [6.45, 7) is 7.98. The minimum Gasteiger partial charge on any atom is -0.399 e. The quantitative estimate of drug-likeness (QED) is 0.777. The van der Waals surface area contributed by atoms with Gasteiger partial charge in [-0.15, -0.1) is 0 Å². The second kappa shape index (κ2) is 4.74. The van der Waals surface area contributed by atoms with Gasteiger partial charge in [-0.25, -0.2) is 0 Å². The minimum absolute atomic E-state index is 0.526. The summed E-state index contributed by atoms with van der Waals surface area (Å²) in [5.74, 6) is 0.526. The van der Waals surface area contributed by atoms with Crippen molar-refractivity contribution in [3.63, 3.8) is 0 Å². The summed E-state index contributed by atoms with van der Waals surface area (Å²) in [6, 6.07) is 6.21. The van der Waals surface area contributed by atoms with Crippen molar-refractivity contribution in [3.05, 3.63) is 23.8 Å². The van der Waals surface area contributed by atoms with Crippen LogP contribution >= 0.6 is 0 Å². The first-order chi connectivity index (χ1) is 7.68. The SMILES string of the molecule is CC(C)c1ccc(N)cc1N1CCOCC1. The topological polar surface area (TPSA) is 38.5 Å². The van der Waals surface area contributed by atoms with Crippen LogP contribution in [-0.4, -0.2) is 26.3 Å². The number of nitrogens with two attached hydrogens (primary N) is 1. The molecule has 1 aromatic rings. The normalized spacial score (nSPS) is 16.8. The van der Waals surface area contributed by atoms with Crippen LogP contribution in [0.25, 0.3) is 0 Å². The molecule has 0 radical (unpaired) electrons. The Balaban J connectivity index is 2.32. The third-order valence-electron chi connectivity index (χ3n) is 3.03. The van der Waals surface area contributed by atoms with Gasteiger partial charge >= 0.3 is 0 Å². The Labute approximate surface area is 97.2 Å². The maximum atomic E-state index is 5.88. The van der Waals surface area contributed by atoms with Crippen LogP contribution in [0.1, 0.15) is 25.3 Å². The van der Waals surface area contributed by atoms with Gasteiger partial charge in [0.2, 0.25) is 0 Å². The Bertz CT molecular complexity index is 357. The van der Waals surface area contributed by atoms with Crippen LogP contribution in [-0.2, 0) is 4.74 Å². The van der Waals surface area contributed by atoms with Gasteiger partial charge in [0, 0.05) is 24.5 Å². The van der Waals surface area contributed by atoms with E-state index in [9.17, 15) is 0 Å². The number of hydrogen-bond acceptors (Lipinski definition) is 3. The van der Waals surface area contributed by atoms with Gasteiger partial charge in [-0.05, 0) is 23.6 Å². The molecule has 0 atom stereocenters. The number of anilines is 2. The molecule has 2 rings (SSSR count). The molecule has 1 aromatic carbocycles. The molecule has 0 bridgehead atoms. The molecular formula is C13H20N2O. The first-order valence-corrected chi connectivity index (χ1v) is 5.90. The highest BCUT2D eigenvalue weighted by Crippen LogP contribution is 2.30. The molecule has 0 spiro atoms. The van der Waals surface area contributed by atoms with Gasteiger partial charge in [-0.3, -0.25) is 0 Å². The van der Waals surface area contributed by atoms with E-state index >= 15 is 0 Å². The van der Waals surface area contributed by atoms with Crippen LogP contribution in [0.15, 0.2) is 18.2 Å². The molecule has 1 saturated heterocycles. The molecule has 16 heavy (non-hydrogen) atoms. The Morgan fingerprint density at radius 2 is 1.94 bits per heavy atom. The highest BCUT2D eigenvalue weighted by molar-refractivity contribution is 5.62. The molecule has 3 heteroatoms. The number of rotatable bonds is 2. The summed E-state index contributed by atoms with van der Waals surface area (Å²) in [5, 5.41) is 0. The first kappa shape index (κ1) is 11.3. The smallest absolute Gasteiger partial charge is 0.0642 e. The number of ether oxygens (including phenoxy) is 1. The van der Waals surface area contributed by atoms with Gasteiger partial charge in [-0.2, -0.15) is 0 Å². The van der Waals surface area contributed by atoms with Crippen molar-refractivity contribution in [1.29, 1.82) is 0 Å². The van der Waals surface area contributed by atoms with E-state index in [0.717, 1.165) is 32.0 Å². The molecule has 2 N–H and O–H groups in total. The van der Waals surface area contributed by atoms with Gasteiger partial charge in [0.1, 0.15) is 0 Å². The summed E-state index contributed by atoms with van der Waals surface area (Å²) in [6.07, 6.45) is 0. The summed E-state index contributed by atoms with van der Waals surface area (Å²) in [4.78, 5) is 2.37. The van der Waals surface area contributed by atoms with Crippen molar-refractivity contribution in [2.75, 3.05) is 36.9 Å². The lowest BCUT2D eigenvalue weighted by molar-refractivity contribution is 0.122. The van der Waals surface area contributed by atoms with Crippen molar-refractivity contribution in [2.24, 2.45) is 0 Å². The van der Waals surface area contributed by atoms with E-state index in [-0.39, 0.29) is 0 Å². The standard InChI is InChI=1S/C13H20N2O/c1-10(2)12-4-3-11(14)9-13(12)15-5-7-16-8-6-15/h3-4,9-10H,5-8,14H2,1-2H3. The van der Waals surface area contributed by atoms with Crippen molar-refractivity contribution in [3.8, 4) is 0 Å². The Morgan fingerprint density at radius 1 is 1.25 bits per heavy atom. The van der Waals surface area contributed by atoms with Crippen LogP contribution in [0.3, 0.4) is 0 Å². The third kappa shape index (κ3) is 2.30. The lowest BCUT2D eigenvalue weighted by Crippen LogP contribution is -2.36. The molecule has 3 nitrogen and oxygen atoms in total. The van der Waals surface area contributed by atoms with Crippen molar-refractivity contribution in [1.82, 2.24) is 0 Å². The molecular weight excluding hydrogens is 200 g/mol. The molecule has 1 aliphatic heterocycles. The molecule has 0 amide bonds. The number of morpholine rings is 1. The maximum Gasteiger partial charge on any atom is 0.0642 e. The van der Waals surface area contributed by atoms with E-state index in [2.05, 4.69) is 30.9 Å². The Kier molecular flexibility index (Phi) is 3.34. The summed E-state index contributed by atoms with van der Waals surface area (Å²) < 4.78 is 5.38. The van der Waals surface area contributed by atoms with E-state index in [1.54, 1.807) is 0 Å². The zero-order chi connectivity index (χ0) is 11.5. The van der Waals surface area contributed by atoms with E-state index in [0.29, 0.717) is 5.92 Å². The Morgan fingerprint density at radius 3 is 2.56 bits per heavy atom. The van der Waals surface area contributed by atoms with Crippen LogP contribution in [0.4, 0.5) is 11.4 Å². The highest BCUT2D eigenvalue weighted by atomic mass is 16.5. The average Bonchev–Trinajstić information content (AvgIpc) is 2.29. The van der Waals surface area contributed by atoms with Crippen molar-refractivity contribution in [2.45, 2.75) is 19.8 Å². The molecule has 1 fully saturated rings. The zero-order valence-corrected chi connectivity index (χ0v) is 10.1. The molecule has 0 aromatic heterocycles. The second-order valence-electron chi connectivity index (χ2n) is 4.57. The van der Waals surface area contributed by atoms with Crippen LogP contribution in [0, 0.1) is 0 Å². The predicted octanol–water partition coefficient (Wildman–Crippen LogP) is 2.23. The van der Waals surface area contributed by atoms with Crippen LogP contribution < -0.4 is 10.6 Å². The molecule has 0 unspecified atom stereocenters. The molecule has 0 aliphatic carbocycles. The minimum atomic E-state index is 0.526. The fraction of sp³-hybridized carbons (Fsp3) is 0.538. The van der Waals surface area contributed by atoms with Crippen molar-refractivity contribution >= 4 is 11.4 Å². The fourth-order valence-electron chi connectivity index (χ4n) is 2.13. The van der Waals surface area contributed by atoms with Crippen LogP contribution in [0.2, 0.25) is 0 Å².